The van der Waals surface area contributed by atoms with Gasteiger partial charge in [0.1, 0.15) is 0 Å². The summed E-state index contributed by atoms with van der Waals surface area (Å²) in [5.74, 6) is -0.365. The van der Waals surface area contributed by atoms with Crippen molar-refractivity contribution in [1.82, 2.24) is 0 Å². The highest BCUT2D eigenvalue weighted by Gasteiger charge is 2.13. The highest BCUT2D eigenvalue weighted by atomic mass is 32.2. The fourth-order valence-electron chi connectivity index (χ4n) is 2.30. The molecule has 0 atom stereocenters. The van der Waals surface area contributed by atoms with Crippen molar-refractivity contribution >= 4 is 33.4 Å². The Morgan fingerprint density at radius 3 is 2.48 bits per heavy atom. The van der Waals surface area contributed by atoms with E-state index in [0.29, 0.717) is 11.4 Å². The number of nitrogens with two attached hydrogens (primary N) is 1. The van der Waals surface area contributed by atoms with E-state index in [0.717, 1.165) is 11.1 Å². The minimum absolute atomic E-state index is 0.0592. The van der Waals surface area contributed by atoms with Crippen LogP contribution in [0.1, 0.15) is 11.1 Å². The highest BCUT2D eigenvalue weighted by Crippen LogP contribution is 2.27. The molecule has 0 radical (unpaired) electrons. The van der Waals surface area contributed by atoms with Crippen LogP contribution < -0.4 is 15.4 Å². The maximum Gasteiger partial charge on any atom is 0.248 e. The molecule has 6 nitrogen and oxygen atoms in total. The first-order valence-corrected chi connectivity index (χ1v) is 9.11. The average Bonchev–Trinajstić information content (AvgIpc) is 2.52. The number of benzene rings is 2. The summed E-state index contributed by atoms with van der Waals surface area (Å²) in [6.07, 6.45) is 3.10. The number of aryl methyl sites for hydroxylation is 1. The molecule has 1 amide bonds. The molecule has 2 rings (SSSR count). The molecule has 0 bridgehead atoms. The number of carbonyl (C=O) groups excluding carboxylic acids is 1. The van der Waals surface area contributed by atoms with Crippen molar-refractivity contribution in [2.24, 2.45) is 5.14 Å². The van der Waals surface area contributed by atoms with E-state index in [1.54, 1.807) is 31.1 Å². The molecular formula is C18H21N3O3S. The summed E-state index contributed by atoms with van der Waals surface area (Å²) < 4.78 is 23.1. The third-order valence-corrected chi connectivity index (χ3v) is 4.42. The quantitative estimate of drug-likeness (QED) is 0.802. The molecular weight excluding hydrogens is 338 g/mol. The second kappa shape index (κ2) is 7.50. The van der Waals surface area contributed by atoms with Gasteiger partial charge in [0.05, 0.1) is 16.3 Å². The van der Waals surface area contributed by atoms with Crippen LogP contribution in [0.4, 0.5) is 11.4 Å². The smallest absolute Gasteiger partial charge is 0.248 e. The van der Waals surface area contributed by atoms with Gasteiger partial charge in [0.15, 0.2) is 0 Å². The van der Waals surface area contributed by atoms with Crippen molar-refractivity contribution in [3.8, 4) is 0 Å². The molecule has 0 aliphatic rings. The van der Waals surface area contributed by atoms with Gasteiger partial charge in [-0.25, -0.2) is 13.6 Å². The summed E-state index contributed by atoms with van der Waals surface area (Å²) in [7, 11) is -0.260. The fraction of sp³-hybridized carbons (Fsp3) is 0.167. The lowest BCUT2D eigenvalue weighted by Gasteiger charge is -2.18. The normalized spacial score (nSPS) is 11.5. The van der Waals surface area contributed by atoms with Crippen molar-refractivity contribution in [1.29, 1.82) is 0 Å². The number of nitrogens with one attached hydrogen (secondary N) is 1. The van der Waals surface area contributed by atoms with Gasteiger partial charge in [-0.1, -0.05) is 29.8 Å². The maximum absolute atomic E-state index is 12.2. The van der Waals surface area contributed by atoms with E-state index in [9.17, 15) is 13.2 Å². The first kappa shape index (κ1) is 18.7. The minimum atomic E-state index is -3.85. The number of carbonyl (C=O) groups is 1. The molecule has 0 unspecified atom stereocenters. The molecule has 2 aromatic carbocycles. The fourth-order valence-corrected chi connectivity index (χ4v) is 2.84. The van der Waals surface area contributed by atoms with Crippen molar-refractivity contribution in [2.75, 3.05) is 24.3 Å². The first-order chi connectivity index (χ1) is 11.7. The number of amides is 1. The zero-order valence-corrected chi connectivity index (χ0v) is 15.2. The monoisotopic (exact) mass is 359 g/mol. The Hall–Kier alpha value is -2.64. The number of sulfonamides is 1. The molecule has 0 spiro atoms. The SMILES string of the molecule is Cc1cccc(/C=C/C(=O)Nc2cc(S(N)(=O)=O)ccc2N(C)C)c1. The second-order valence-corrected chi connectivity index (χ2v) is 7.42. The van der Waals surface area contributed by atoms with Crippen LogP contribution in [-0.2, 0) is 14.8 Å². The topological polar surface area (TPSA) is 92.5 Å². The Kier molecular flexibility index (Phi) is 5.61. The van der Waals surface area contributed by atoms with Crippen LogP contribution in [0.15, 0.2) is 53.4 Å². The summed E-state index contributed by atoms with van der Waals surface area (Å²) in [5.41, 5.74) is 3.04. The van der Waals surface area contributed by atoms with Crippen LogP contribution in [-0.4, -0.2) is 28.4 Å². The van der Waals surface area contributed by atoms with E-state index in [1.165, 1.54) is 18.2 Å². The van der Waals surface area contributed by atoms with Crippen LogP contribution in [0.25, 0.3) is 6.08 Å². The molecule has 132 valence electrons. The summed E-state index contributed by atoms with van der Waals surface area (Å²) in [6.45, 7) is 1.97. The number of primary sulfonamides is 1. The van der Waals surface area contributed by atoms with Crippen molar-refractivity contribution in [2.45, 2.75) is 11.8 Å². The van der Waals surface area contributed by atoms with E-state index in [-0.39, 0.29) is 10.8 Å². The molecule has 3 N–H and O–H groups in total. The summed E-state index contributed by atoms with van der Waals surface area (Å²) >= 11 is 0. The maximum atomic E-state index is 12.2. The van der Waals surface area contributed by atoms with E-state index < -0.39 is 10.0 Å². The van der Waals surface area contributed by atoms with E-state index in [2.05, 4.69) is 5.32 Å². The van der Waals surface area contributed by atoms with Gasteiger partial charge in [0.2, 0.25) is 15.9 Å². The second-order valence-electron chi connectivity index (χ2n) is 5.86. The van der Waals surface area contributed by atoms with Crippen LogP contribution >= 0.6 is 0 Å². The van der Waals surface area contributed by atoms with E-state index >= 15 is 0 Å². The van der Waals surface area contributed by atoms with Gasteiger partial charge in [-0.15, -0.1) is 0 Å². The predicted octanol–water partition coefficient (Wildman–Crippen LogP) is 2.36. The molecule has 0 saturated carbocycles. The van der Waals surface area contributed by atoms with Crippen LogP contribution in [0.3, 0.4) is 0 Å². The molecule has 0 aliphatic carbocycles. The largest absolute Gasteiger partial charge is 0.376 e. The van der Waals surface area contributed by atoms with E-state index in [4.69, 9.17) is 5.14 Å². The van der Waals surface area contributed by atoms with Gasteiger partial charge < -0.3 is 10.2 Å². The summed E-state index contributed by atoms with van der Waals surface area (Å²) in [4.78, 5) is 13.9. The molecule has 7 heteroatoms. The van der Waals surface area contributed by atoms with Crippen LogP contribution in [0.5, 0.6) is 0 Å². The van der Waals surface area contributed by atoms with Gasteiger partial charge in [0, 0.05) is 20.2 Å². The lowest BCUT2D eigenvalue weighted by atomic mass is 10.1. The number of hydrogen-bond acceptors (Lipinski definition) is 4. The Morgan fingerprint density at radius 2 is 1.88 bits per heavy atom. The molecule has 0 heterocycles. The molecule has 0 saturated heterocycles. The minimum Gasteiger partial charge on any atom is -0.376 e. The zero-order chi connectivity index (χ0) is 18.6. The lowest BCUT2D eigenvalue weighted by Crippen LogP contribution is -2.17. The Morgan fingerprint density at radius 1 is 1.16 bits per heavy atom. The summed E-state index contributed by atoms with van der Waals surface area (Å²) in [6, 6.07) is 12.1. The summed E-state index contributed by atoms with van der Waals surface area (Å²) in [5, 5.41) is 7.87. The third-order valence-electron chi connectivity index (χ3n) is 3.51. The molecule has 25 heavy (non-hydrogen) atoms. The zero-order valence-electron chi connectivity index (χ0n) is 14.4. The average molecular weight is 359 g/mol. The Labute approximate surface area is 148 Å². The Bertz CT molecular complexity index is 919. The molecule has 0 fully saturated rings. The molecule has 0 aliphatic heterocycles. The number of rotatable bonds is 5. The van der Waals surface area contributed by atoms with Crippen molar-refractivity contribution < 1.29 is 13.2 Å². The number of nitrogens with zero attached hydrogens (tertiary/aromatic N) is 1. The third kappa shape index (κ3) is 5.17. The van der Waals surface area contributed by atoms with Crippen molar-refractivity contribution in [3.63, 3.8) is 0 Å². The van der Waals surface area contributed by atoms with Gasteiger partial charge in [-0.2, -0.15) is 0 Å². The van der Waals surface area contributed by atoms with Crippen LogP contribution in [0.2, 0.25) is 0 Å². The van der Waals surface area contributed by atoms with Crippen molar-refractivity contribution in [3.05, 3.63) is 59.7 Å². The predicted molar refractivity (Wildman–Crippen MR) is 101 cm³/mol. The first-order valence-electron chi connectivity index (χ1n) is 7.57. The molecule has 2 aromatic rings. The van der Waals surface area contributed by atoms with Crippen LogP contribution in [0, 0.1) is 6.92 Å². The highest BCUT2D eigenvalue weighted by molar-refractivity contribution is 7.89. The number of hydrogen-bond donors (Lipinski definition) is 2. The van der Waals surface area contributed by atoms with E-state index in [1.807, 2.05) is 31.2 Å². The van der Waals surface area contributed by atoms with Gasteiger partial charge in [0.25, 0.3) is 0 Å². The Balaban J connectivity index is 2.27. The lowest BCUT2D eigenvalue weighted by molar-refractivity contribution is -0.111. The van der Waals surface area contributed by atoms with Gasteiger partial charge in [-0.05, 0) is 36.8 Å². The van der Waals surface area contributed by atoms with Gasteiger partial charge in [-0.3, -0.25) is 4.79 Å². The van der Waals surface area contributed by atoms with Gasteiger partial charge >= 0.3 is 0 Å². The number of anilines is 2. The molecule has 0 aromatic heterocycles. The standard InChI is InChI=1S/C18H21N3O3S/c1-13-5-4-6-14(11-13)7-10-18(22)20-16-12-15(25(19,23)24)8-9-17(16)21(2)3/h4-12H,1-3H3,(H,20,22)(H2,19,23,24)/b10-7+.